The van der Waals surface area contributed by atoms with Crippen molar-refractivity contribution < 1.29 is 0 Å². The van der Waals surface area contributed by atoms with Crippen LogP contribution in [0.3, 0.4) is 0 Å². The molecule has 0 saturated heterocycles. The average Bonchev–Trinajstić information content (AvgIpc) is 2.84. The van der Waals surface area contributed by atoms with E-state index < -0.39 is 0 Å². The molecule has 0 aliphatic carbocycles. The molecule has 4 rings (SSSR count). The maximum Gasteiger partial charge on any atom is 0.264 e. The highest BCUT2D eigenvalue weighted by molar-refractivity contribution is 6.44. The minimum atomic E-state index is -0.346. The number of nitriles is 1. The molecule has 1 aromatic carbocycles. The molecule has 0 spiro atoms. The Morgan fingerprint density at radius 3 is 2.68 bits per heavy atom. The van der Waals surface area contributed by atoms with E-state index in [1.54, 1.807) is 23.8 Å². The van der Waals surface area contributed by atoms with Gasteiger partial charge in [-0.1, -0.05) is 42.8 Å². The first-order valence-electron chi connectivity index (χ1n) is 11.0. The lowest BCUT2D eigenvalue weighted by Gasteiger charge is -2.22. The Morgan fingerprint density at radius 2 is 2.00 bits per heavy atom. The van der Waals surface area contributed by atoms with E-state index in [9.17, 15) is 10.1 Å². The van der Waals surface area contributed by atoms with Gasteiger partial charge in [-0.2, -0.15) is 5.26 Å². The number of fused-ring (bicyclic) bond motifs is 1. The third kappa shape index (κ3) is 4.30. The normalized spacial score (nSPS) is 13.4. The van der Waals surface area contributed by atoms with Crippen LogP contribution in [-0.2, 0) is 0 Å². The third-order valence-corrected chi connectivity index (χ3v) is 5.79. The number of aromatic nitrogens is 3. The number of hydrogen-bond donors (Lipinski definition) is 1. The Morgan fingerprint density at radius 1 is 1.24 bits per heavy atom. The predicted octanol–water partition coefficient (Wildman–Crippen LogP) is 4.38. The van der Waals surface area contributed by atoms with Crippen molar-refractivity contribution in [2.75, 3.05) is 5.32 Å². The number of para-hydroxylation sites is 1. The molecule has 3 heterocycles. The Bertz CT molecular complexity index is 1580. The number of anilines is 1. The summed E-state index contributed by atoms with van der Waals surface area (Å²) in [6.45, 7) is 5.71. The lowest BCUT2D eigenvalue weighted by molar-refractivity contribution is 0.764. The fourth-order valence-electron chi connectivity index (χ4n) is 4.08. The monoisotopic (exact) mass is 469 g/mol. The molecule has 34 heavy (non-hydrogen) atoms. The third-order valence-electron chi connectivity index (χ3n) is 5.60. The number of benzene rings is 1. The summed E-state index contributed by atoms with van der Waals surface area (Å²) in [5.74, 6) is 0. The van der Waals surface area contributed by atoms with Crippen molar-refractivity contribution in [1.82, 2.24) is 14.5 Å². The molecule has 0 fully saturated rings. The van der Waals surface area contributed by atoms with Crippen LogP contribution in [0.15, 0.2) is 65.7 Å². The van der Waals surface area contributed by atoms with E-state index in [0.29, 0.717) is 32.5 Å². The van der Waals surface area contributed by atoms with Crippen LogP contribution in [0.25, 0.3) is 27.8 Å². The summed E-state index contributed by atoms with van der Waals surface area (Å²) in [6, 6.07) is 16.9. The van der Waals surface area contributed by atoms with E-state index in [2.05, 4.69) is 21.4 Å². The van der Waals surface area contributed by atoms with Crippen molar-refractivity contribution >= 4 is 39.4 Å². The van der Waals surface area contributed by atoms with Gasteiger partial charge in [-0.25, -0.2) is 0 Å². The second-order valence-corrected chi connectivity index (χ2v) is 8.48. The highest BCUT2D eigenvalue weighted by Crippen LogP contribution is 2.28. The summed E-state index contributed by atoms with van der Waals surface area (Å²) in [5, 5.41) is 14.9. The highest BCUT2D eigenvalue weighted by Gasteiger charge is 2.19. The Labute approximate surface area is 202 Å². The van der Waals surface area contributed by atoms with Crippen molar-refractivity contribution in [3.8, 4) is 11.8 Å². The number of hydrogen-bond acceptors (Lipinski definition) is 5. The first kappa shape index (κ1) is 23.2. The summed E-state index contributed by atoms with van der Waals surface area (Å²) in [4.78, 5) is 22.5. The smallest absolute Gasteiger partial charge is 0.264 e. The Kier molecular flexibility index (Phi) is 6.76. The zero-order valence-electron chi connectivity index (χ0n) is 19.2. The van der Waals surface area contributed by atoms with Gasteiger partial charge < -0.3 is 5.32 Å². The summed E-state index contributed by atoms with van der Waals surface area (Å²) >= 11 is 6.39. The van der Waals surface area contributed by atoms with Crippen LogP contribution in [0.4, 0.5) is 5.69 Å². The fraction of sp³-hybridized carbons (Fsp3) is 0.185. The number of pyridine rings is 3. The van der Waals surface area contributed by atoms with Gasteiger partial charge in [-0.05, 0) is 55.8 Å². The topological polar surface area (TPSA) is 83.6 Å². The van der Waals surface area contributed by atoms with Crippen molar-refractivity contribution in [2.24, 2.45) is 0 Å². The maximum absolute atomic E-state index is 13.8. The summed E-state index contributed by atoms with van der Waals surface area (Å²) < 4.78 is 1.68. The number of nitrogens with zero attached hydrogens (tertiary/aromatic N) is 4. The van der Waals surface area contributed by atoms with Gasteiger partial charge in [0.2, 0.25) is 0 Å². The molecule has 7 heteroatoms. The van der Waals surface area contributed by atoms with Crippen LogP contribution in [-0.4, -0.2) is 14.5 Å². The van der Waals surface area contributed by atoms with E-state index in [-0.39, 0.29) is 11.6 Å². The second-order valence-electron chi connectivity index (χ2n) is 7.92. The minimum absolute atomic E-state index is 0.192. The van der Waals surface area contributed by atoms with E-state index in [0.717, 1.165) is 23.0 Å². The molecule has 1 unspecified atom stereocenters. The molecule has 0 bridgehead atoms. The molecule has 0 radical (unpaired) electrons. The van der Waals surface area contributed by atoms with Gasteiger partial charge >= 0.3 is 0 Å². The fourth-order valence-corrected chi connectivity index (χ4v) is 4.27. The molecule has 1 N–H and O–H groups in total. The van der Waals surface area contributed by atoms with Crippen LogP contribution in [0.2, 0.25) is 0 Å². The van der Waals surface area contributed by atoms with Gasteiger partial charge in [-0.3, -0.25) is 19.3 Å². The quantitative estimate of drug-likeness (QED) is 0.469. The molecular formula is C27H24ClN5O. The molecule has 1 atom stereocenters. The molecule has 0 saturated carbocycles. The average molecular weight is 470 g/mol. The molecule has 6 nitrogen and oxygen atoms in total. The van der Waals surface area contributed by atoms with Crippen molar-refractivity contribution in [3.63, 3.8) is 0 Å². The first-order chi connectivity index (χ1) is 16.5. The van der Waals surface area contributed by atoms with E-state index in [1.165, 1.54) is 6.20 Å². The van der Waals surface area contributed by atoms with Crippen LogP contribution in [0.5, 0.6) is 0 Å². The van der Waals surface area contributed by atoms with Gasteiger partial charge in [0.05, 0.1) is 28.0 Å². The van der Waals surface area contributed by atoms with Gasteiger partial charge in [0.1, 0.15) is 11.6 Å². The molecule has 3 aromatic heterocycles. The second kappa shape index (κ2) is 9.90. The van der Waals surface area contributed by atoms with Crippen LogP contribution in [0.1, 0.15) is 44.5 Å². The predicted molar refractivity (Wildman–Crippen MR) is 137 cm³/mol. The van der Waals surface area contributed by atoms with Crippen LogP contribution in [0, 0.1) is 11.3 Å². The Hall–Kier alpha value is -3.95. The van der Waals surface area contributed by atoms with Crippen molar-refractivity contribution in [2.45, 2.75) is 33.2 Å². The summed E-state index contributed by atoms with van der Waals surface area (Å²) in [7, 11) is 0. The van der Waals surface area contributed by atoms with Crippen LogP contribution < -0.4 is 21.3 Å². The van der Waals surface area contributed by atoms with Gasteiger partial charge in [0.15, 0.2) is 0 Å². The van der Waals surface area contributed by atoms with Crippen molar-refractivity contribution in [1.29, 1.82) is 5.26 Å². The van der Waals surface area contributed by atoms with Crippen molar-refractivity contribution in [3.05, 3.63) is 93.0 Å². The minimum Gasteiger partial charge on any atom is -0.374 e. The number of halogens is 1. The highest BCUT2D eigenvalue weighted by atomic mass is 35.5. The standard InChI is InChI=1S/C27H24ClN5O/c1-4-9-19-14-23(33(21-10-6-5-7-11-21)27(34)24(19)17(2)28)18(3)32-25-20(15-29)16-31-22-12-8-13-30-26(22)25/h5-14,16,18H,4H2,1-3H3,(H,31,32). The van der Waals surface area contributed by atoms with Gasteiger partial charge in [0.25, 0.3) is 5.56 Å². The molecule has 0 amide bonds. The lowest BCUT2D eigenvalue weighted by Crippen LogP contribution is -2.47. The van der Waals surface area contributed by atoms with Crippen LogP contribution >= 0.6 is 11.6 Å². The zero-order chi connectivity index (χ0) is 24.2. The first-order valence-corrected chi connectivity index (χ1v) is 11.4. The number of rotatable bonds is 5. The SMILES string of the molecule is CCC=c1cc(C(C)Nc2c(C#N)cnc3cccnc23)n(-c2ccccc2)c(=O)c1=C(C)Cl. The summed E-state index contributed by atoms with van der Waals surface area (Å²) in [5.41, 5.74) is 3.52. The maximum atomic E-state index is 13.8. The van der Waals surface area contributed by atoms with E-state index >= 15 is 0 Å². The Balaban J connectivity index is 2.00. The largest absolute Gasteiger partial charge is 0.374 e. The molecule has 0 aliphatic rings. The summed E-state index contributed by atoms with van der Waals surface area (Å²) in [6.07, 6.45) is 5.96. The zero-order valence-corrected chi connectivity index (χ0v) is 20.0. The van der Waals surface area contributed by atoms with E-state index in [1.807, 2.05) is 62.4 Å². The molecule has 170 valence electrons. The van der Waals surface area contributed by atoms with Gasteiger partial charge in [0, 0.05) is 28.8 Å². The lowest BCUT2D eigenvalue weighted by atomic mass is 10.1. The molecule has 4 aromatic rings. The number of nitrogens with one attached hydrogen (secondary N) is 1. The molecule has 0 aliphatic heterocycles. The molecular weight excluding hydrogens is 446 g/mol. The van der Waals surface area contributed by atoms with E-state index in [4.69, 9.17) is 11.6 Å². The van der Waals surface area contributed by atoms with Gasteiger partial charge in [-0.15, -0.1) is 0 Å².